The maximum Gasteiger partial charge on any atom is 0.214 e. The van der Waals surface area contributed by atoms with Gasteiger partial charge in [0.15, 0.2) is 0 Å². The van der Waals surface area contributed by atoms with Gasteiger partial charge in [0.1, 0.15) is 5.82 Å². The van der Waals surface area contributed by atoms with Crippen molar-refractivity contribution in [2.24, 2.45) is 5.92 Å². The summed E-state index contributed by atoms with van der Waals surface area (Å²) in [5.41, 5.74) is 0.924. The van der Waals surface area contributed by atoms with Gasteiger partial charge in [-0.05, 0) is 37.6 Å². The number of hydrogen-bond acceptors (Lipinski definition) is 3. The second-order valence-corrected chi connectivity index (χ2v) is 6.85. The largest absolute Gasteiger partial charge is 0.381 e. The molecule has 0 aliphatic carbocycles. The highest BCUT2D eigenvalue weighted by molar-refractivity contribution is 7.90. The van der Waals surface area contributed by atoms with Crippen LogP contribution < -0.4 is 4.72 Å². The first-order chi connectivity index (χ1) is 9.03. The Bertz CT molecular complexity index is 515. The van der Waals surface area contributed by atoms with Crippen molar-refractivity contribution in [2.75, 3.05) is 20.3 Å². The van der Waals surface area contributed by atoms with Crippen LogP contribution in [0.3, 0.4) is 0 Å². The second-order valence-electron chi connectivity index (χ2n) is 4.74. The molecule has 1 saturated heterocycles. The summed E-state index contributed by atoms with van der Waals surface area (Å²) in [7, 11) is -1.87. The lowest BCUT2D eigenvalue weighted by molar-refractivity contribution is 0.0570. The molecule has 1 aromatic carbocycles. The van der Waals surface area contributed by atoms with E-state index in [0.717, 1.165) is 5.56 Å². The van der Waals surface area contributed by atoms with Crippen LogP contribution in [0.15, 0.2) is 24.3 Å². The van der Waals surface area contributed by atoms with E-state index in [1.54, 1.807) is 12.1 Å². The second kappa shape index (κ2) is 5.98. The minimum Gasteiger partial charge on any atom is -0.381 e. The van der Waals surface area contributed by atoms with Gasteiger partial charge in [-0.25, -0.2) is 17.5 Å². The van der Waals surface area contributed by atoms with Crippen LogP contribution in [0, 0.1) is 11.7 Å². The lowest BCUT2D eigenvalue weighted by Crippen LogP contribution is -2.43. The van der Waals surface area contributed by atoms with E-state index in [1.807, 2.05) is 0 Å². The first-order valence-corrected chi connectivity index (χ1v) is 7.82. The third kappa shape index (κ3) is 3.52. The Balaban J connectivity index is 2.14. The smallest absolute Gasteiger partial charge is 0.214 e. The predicted molar refractivity (Wildman–Crippen MR) is 70.8 cm³/mol. The standard InChI is InChI=1S/C13H18FNO3S/c1-15-19(16,17)13-6-7-18-9-11(13)8-10-2-4-12(14)5-3-10/h2-5,11,13,15H,6-9H2,1H3/t11-,13+/m1/s1. The molecule has 6 heteroatoms. The number of benzene rings is 1. The third-order valence-corrected chi connectivity index (χ3v) is 5.49. The Kier molecular flexibility index (Phi) is 4.54. The van der Waals surface area contributed by atoms with Crippen LogP contribution in [0.1, 0.15) is 12.0 Å². The molecule has 1 aliphatic rings. The van der Waals surface area contributed by atoms with Gasteiger partial charge in [0, 0.05) is 12.5 Å². The number of ether oxygens (including phenoxy) is 1. The van der Waals surface area contributed by atoms with Crippen LogP contribution in [-0.4, -0.2) is 33.9 Å². The van der Waals surface area contributed by atoms with Gasteiger partial charge < -0.3 is 4.74 Å². The highest BCUT2D eigenvalue weighted by Gasteiger charge is 2.35. The van der Waals surface area contributed by atoms with Crippen molar-refractivity contribution < 1.29 is 17.5 Å². The average Bonchev–Trinajstić information content (AvgIpc) is 2.42. The normalized spacial score (nSPS) is 24.3. The number of halogens is 1. The molecule has 0 amide bonds. The molecule has 106 valence electrons. The van der Waals surface area contributed by atoms with E-state index in [4.69, 9.17) is 4.74 Å². The molecule has 1 heterocycles. The molecule has 0 spiro atoms. The highest BCUT2D eigenvalue weighted by Crippen LogP contribution is 2.25. The Labute approximate surface area is 113 Å². The highest BCUT2D eigenvalue weighted by atomic mass is 32.2. The fourth-order valence-electron chi connectivity index (χ4n) is 2.45. The van der Waals surface area contributed by atoms with Crippen LogP contribution in [0.2, 0.25) is 0 Å². The van der Waals surface area contributed by atoms with Crippen molar-refractivity contribution in [1.29, 1.82) is 0 Å². The molecule has 2 rings (SSSR count). The maximum absolute atomic E-state index is 12.9. The predicted octanol–water partition coefficient (Wildman–Crippen LogP) is 1.32. The van der Waals surface area contributed by atoms with Gasteiger partial charge in [-0.3, -0.25) is 0 Å². The van der Waals surface area contributed by atoms with Crippen LogP contribution in [0.5, 0.6) is 0 Å². The van der Waals surface area contributed by atoms with Crippen molar-refractivity contribution in [2.45, 2.75) is 18.1 Å². The van der Waals surface area contributed by atoms with Gasteiger partial charge in [-0.15, -0.1) is 0 Å². The van der Waals surface area contributed by atoms with Crippen molar-refractivity contribution in [1.82, 2.24) is 4.72 Å². The van der Waals surface area contributed by atoms with E-state index in [1.165, 1.54) is 19.2 Å². The maximum atomic E-state index is 12.9. The summed E-state index contributed by atoms with van der Waals surface area (Å²) in [6.07, 6.45) is 1.07. The molecule has 0 aromatic heterocycles. The molecular formula is C13H18FNO3S. The molecule has 1 fully saturated rings. The molecule has 0 saturated carbocycles. The minimum absolute atomic E-state index is 0.100. The molecule has 19 heavy (non-hydrogen) atoms. The zero-order valence-electron chi connectivity index (χ0n) is 10.8. The van der Waals surface area contributed by atoms with Gasteiger partial charge >= 0.3 is 0 Å². The van der Waals surface area contributed by atoms with Gasteiger partial charge in [0.25, 0.3) is 0 Å². The zero-order valence-corrected chi connectivity index (χ0v) is 11.6. The van der Waals surface area contributed by atoms with Gasteiger partial charge in [0.05, 0.1) is 11.9 Å². The van der Waals surface area contributed by atoms with Gasteiger partial charge in [-0.2, -0.15) is 0 Å². The summed E-state index contributed by atoms with van der Waals surface area (Å²) in [5.74, 6) is -0.389. The molecule has 2 atom stereocenters. The first kappa shape index (κ1) is 14.4. The summed E-state index contributed by atoms with van der Waals surface area (Å²) in [4.78, 5) is 0. The lowest BCUT2D eigenvalue weighted by atomic mass is 9.93. The summed E-state index contributed by atoms with van der Waals surface area (Å²) in [6, 6.07) is 6.15. The lowest BCUT2D eigenvalue weighted by Gasteiger charge is -2.30. The topological polar surface area (TPSA) is 55.4 Å². The van der Waals surface area contributed by atoms with Crippen LogP contribution in [0.25, 0.3) is 0 Å². The number of nitrogens with one attached hydrogen (secondary N) is 1. The SMILES string of the molecule is CNS(=O)(=O)[C@H]1CCOC[C@H]1Cc1ccc(F)cc1. The fourth-order valence-corrected chi connectivity index (χ4v) is 3.84. The molecule has 0 radical (unpaired) electrons. The average molecular weight is 287 g/mol. The molecule has 1 aromatic rings. The van der Waals surface area contributed by atoms with Crippen molar-refractivity contribution in [3.05, 3.63) is 35.6 Å². The molecule has 1 aliphatic heterocycles. The molecule has 0 unspecified atom stereocenters. The Morgan fingerprint density at radius 2 is 2.05 bits per heavy atom. The van der Waals surface area contributed by atoms with Gasteiger partial charge in [-0.1, -0.05) is 12.1 Å². The van der Waals surface area contributed by atoms with E-state index >= 15 is 0 Å². The Morgan fingerprint density at radius 1 is 1.37 bits per heavy atom. The molecule has 4 nitrogen and oxygen atoms in total. The summed E-state index contributed by atoms with van der Waals surface area (Å²) < 4.78 is 44.6. The summed E-state index contributed by atoms with van der Waals surface area (Å²) in [6.45, 7) is 0.883. The number of rotatable bonds is 4. The minimum atomic E-state index is -3.30. The molecule has 1 N–H and O–H groups in total. The van der Waals surface area contributed by atoms with Gasteiger partial charge in [0.2, 0.25) is 10.0 Å². The quantitative estimate of drug-likeness (QED) is 0.909. The van der Waals surface area contributed by atoms with Crippen LogP contribution >= 0.6 is 0 Å². The molecule has 0 bridgehead atoms. The fraction of sp³-hybridized carbons (Fsp3) is 0.538. The van der Waals surface area contributed by atoms with Crippen molar-refractivity contribution >= 4 is 10.0 Å². The van der Waals surface area contributed by atoms with Crippen LogP contribution in [-0.2, 0) is 21.2 Å². The first-order valence-electron chi connectivity index (χ1n) is 6.27. The summed E-state index contributed by atoms with van der Waals surface area (Å²) in [5, 5.41) is -0.448. The van der Waals surface area contributed by atoms with E-state index in [2.05, 4.69) is 4.72 Å². The van der Waals surface area contributed by atoms with Crippen molar-refractivity contribution in [3.8, 4) is 0 Å². The van der Waals surface area contributed by atoms with E-state index < -0.39 is 15.3 Å². The van der Waals surface area contributed by atoms with E-state index in [9.17, 15) is 12.8 Å². The number of hydrogen-bond donors (Lipinski definition) is 1. The molecular weight excluding hydrogens is 269 g/mol. The zero-order chi connectivity index (χ0) is 13.9. The summed E-state index contributed by atoms with van der Waals surface area (Å²) >= 11 is 0. The van der Waals surface area contributed by atoms with Crippen LogP contribution in [0.4, 0.5) is 4.39 Å². The number of sulfonamides is 1. The Morgan fingerprint density at radius 3 is 2.68 bits per heavy atom. The monoisotopic (exact) mass is 287 g/mol. The van der Waals surface area contributed by atoms with Crippen molar-refractivity contribution in [3.63, 3.8) is 0 Å². The Hall–Kier alpha value is -0.980. The van der Waals surface area contributed by atoms with E-state index in [0.29, 0.717) is 26.1 Å². The van der Waals surface area contributed by atoms with E-state index in [-0.39, 0.29) is 11.7 Å². The third-order valence-electron chi connectivity index (χ3n) is 3.50.